The number of nitrogens with zero attached hydrogens (tertiary/aromatic N) is 2. The van der Waals surface area contributed by atoms with Gasteiger partial charge in [0, 0.05) is 21.2 Å². The first-order valence-corrected chi connectivity index (χ1v) is 8.42. The molecule has 1 aromatic heterocycles. The van der Waals surface area contributed by atoms with Crippen molar-refractivity contribution in [3.63, 3.8) is 0 Å². The minimum absolute atomic E-state index is 0.00511. The molecule has 146 valence electrons. The average molecular weight is 433 g/mol. The van der Waals surface area contributed by atoms with Crippen LogP contribution in [0, 0.1) is 0 Å². The lowest BCUT2D eigenvalue weighted by atomic mass is 10.1. The standard InChI is InChI=1S/C18H10Cl2F4N2O2/c19-12-4-10(3-11(5-12)18(22,23)24)16-7-15(17(27)28)25-26(16)13-2-1-9(8-21)14(20)6-13/h1-7H,8H2,(H,27,28). The number of rotatable bonds is 4. The molecular formula is C18H10Cl2F4N2O2. The van der Waals surface area contributed by atoms with Crippen molar-refractivity contribution in [3.8, 4) is 16.9 Å². The van der Waals surface area contributed by atoms with Crippen molar-refractivity contribution in [1.82, 2.24) is 9.78 Å². The van der Waals surface area contributed by atoms with Crippen molar-refractivity contribution in [2.24, 2.45) is 0 Å². The fourth-order valence-electron chi connectivity index (χ4n) is 2.57. The molecule has 0 aliphatic heterocycles. The summed E-state index contributed by atoms with van der Waals surface area (Å²) in [4.78, 5) is 11.3. The predicted molar refractivity (Wildman–Crippen MR) is 95.8 cm³/mol. The van der Waals surface area contributed by atoms with E-state index in [4.69, 9.17) is 23.2 Å². The number of carboxylic acids is 1. The Balaban J connectivity index is 2.23. The van der Waals surface area contributed by atoms with Crippen LogP contribution in [0.4, 0.5) is 17.6 Å². The average Bonchev–Trinajstić information content (AvgIpc) is 3.06. The highest BCUT2D eigenvalue weighted by Crippen LogP contribution is 2.36. The smallest absolute Gasteiger partial charge is 0.416 e. The maximum atomic E-state index is 13.1. The zero-order valence-electron chi connectivity index (χ0n) is 13.8. The Labute approximate surface area is 165 Å². The maximum absolute atomic E-state index is 13.1. The molecule has 0 fully saturated rings. The molecule has 1 heterocycles. The summed E-state index contributed by atoms with van der Waals surface area (Å²) in [7, 11) is 0. The molecule has 3 rings (SSSR count). The van der Waals surface area contributed by atoms with Gasteiger partial charge in [0.2, 0.25) is 0 Å². The van der Waals surface area contributed by atoms with E-state index in [-0.39, 0.29) is 32.6 Å². The lowest BCUT2D eigenvalue weighted by molar-refractivity contribution is -0.137. The van der Waals surface area contributed by atoms with Gasteiger partial charge < -0.3 is 5.11 Å². The van der Waals surface area contributed by atoms with Crippen LogP contribution in [0.1, 0.15) is 21.6 Å². The van der Waals surface area contributed by atoms with Gasteiger partial charge in [-0.25, -0.2) is 13.9 Å². The van der Waals surface area contributed by atoms with Crippen molar-refractivity contribution in [2.75, 3.05) is 0 Å². The third-order valence-corrected chi connectivity index (χ3v) is 4.44. The Bertz CT molecular complexity index is 1060. The highest BCUT2D eigenvalue weighted by atomic mass is 35.5. The van der Waals surface area contributed by atoms with E-state index in [1.165, 1.54) is 24.3 Å². The van der Waals surface area contributed by atoms with Gasteiger partial charge in [-0.15, -0.1) is 0 Å². The fourth-order valence-corrected chi connectivity index (χ4v) is 3.03. The van der Waals surface area contributed by atoms with E-state index >= 15 is 0 Å². The van der Waals surface area contributed by atoms with E-state index < -0.39 is 30.1 Å². The number of benzene rings is 2. The summed E-state index contributed by atoms with van der Waals surface area (Å²) in [5.74, 6) is -1.37. The molecule has 0 radical (unpaired) electrons. The minimum atomic E-state index is -4.65. The SMILES string of the molecule is O=C(O)c1cc(-c2cc(Cl)cc(C(F)(F)F)c2)n(-c2ccc(CF)c(Cl)c2)n1. The molecule has 2 aromatic carbocycles. The van der Waals surface area contributed by atoms with Crippen LogP contribution in [0.3, 0.4) is 0 Å². The van der Waals surface area contributed by atoms with Gasteiger partial charge in [-0.3, -0.25) is 0 Å². The number of hydrogen-bond donors (Lipinski definition) is 1. The molecule has 28 heavy (non-hydrogen) atoms. The van der Waals surface area contributed by atoms with Crippen LogP contribution < -0.4 is 0 Å². The van der Waals surface area contributed by atoms with E-state index in [0.29, 0.717) is 0 Å². The lowest BCUT2D eigenvalue weighted by Crippen LogP contribution is -2.06. The zero-order valence-corrected chi connectivity index (χ0v) is 15.3. The highest BCUT2D eigenvalue weighted by Gasteiger charge is 2.31. The number of carbonyl (C=O) groups is 1. The van der Waals surface area contributed by atoms with Gasteiger partial charge in [-0.2, -0.15) is 18.3 Å². The quantitative estimate of drug-likeness (QED) is 0.511. The normalized spacial score (nSPS) is 11.6. The molecule has 10 heteroatoms. The van der Waals surface area contributed by atoms with E-state index in [2.05, 4.69) is 5.10 Å². The maximum Gasteiger partial charge on any atom is 0.416 e. The van der Waals surface area contributed by atoms with Crippen molar-refractivity contribution in [2.45, 2.75) is 12.9 Å². The van der Waals surface area contributed by atoms with Crippen LogP contribution >= 0.6 is 23.2 Å². The lowest BCUT2D eigenvalue weighted by Gasteiger charge is -2.12. The van der Waals surface area contributed by atoms with Gasteiger partial charge in [0.15, 0.2) is 5.69 Å². The van der Waals surface area contributed by atoms with E-state index in [9.17, 15) is 27.5 Å². The Morgan fingerprint density at radius 1 is 1.11 bits per heavy atom. The zero-order chi connectivity index (χ0) is 20.6. The summed E-state index contributed by atoms with van der Waals surface area (Å²) in [5.41, 5.74) is -0.877. The van der Waals surface area contributed by atoms with Crippen LogP contribution in [0.5, 0.6) is 0 Å². The first-order chi connectivity index (χ1) is 13.1. The van der Waals surface area contributed by atoms with Gasteiger partial charge in [-0.05, 0) is 36.4 Å². The van der Waals surface area contributed by atoms with Crippen molar-refractivity contribution in [1.29, 1.82) is 0 Å². The first-order valence-electron chi connectivity index (χ1n) is 7.66. The van der Waals surface area contributed by atoms with Crippen LogP contribution in [0.25, 0.3) is 16.9 Å². The van der Waals surface area contributed by atoms with E-state index in [1.807, 2.05) is 0 Å². The van der Waals surface area contributed by atoms with E-state index in [0.717, 1.165) is 22.9 Å². The molecule has 0 amide bonds. The largest absolute Gasteiger partial charge is 0.476 e. The van der Waals surface area contributed by atoms with Gasteiger partial charge in [0.1, 0.15) is 6.67 Å². The summed E-state index contributed by atoms with van der Waals surface area (Å²) < 4.78 is 53.4. The minimum Gasteiger partial charge on any atom is -0.476 e. The number of carboxylic acid groups (broad SMARTS) is 1. The molecule has 0 aliphatic carbocycles. The third kappa shape index (κ3) is 3.98. The summed E-state index contributed by atoms with van der Waals surface area (Å²) in [6.45, 7) is -0.811. The summed E-state index contributed by atoms with van der Waals surface area (Å²) in [6.07, 6.45) is -4.65. The molecule has 0 atom stereocenters. The van der Waals surface area contributed by atoms with Crippen LogP contribution in [-0.2, 0) is 12.9 Å². The monoisotopic (exact) mass is 432 g/mol. The molecular weight excluding hydrogens is 423 g/mol. The third-order valence-electron chi connectivity index (χ3n) is 3.87. The fraction of sp³-hybridized carbons (Fsp3) is 0.111. The second-order valence-electron chi connectivity index (χ2n) is 5.77. The Hall–Kier alpha value is -2.58. The molecule has 1 N–H and O–H groups in total. The summed E-state index contributed by atoms with van der Waals surface area (Å²) in [5, 5.41) is 13.0. The molecule has 0 spiro atoms. The summed E-state index contributed by atoms with van der Waals surface area (Å²) in [6, 6.07) is 8.12. The van der Waals surface area contributed by atoms with Crippen molar-refractivity contribution >= 4 is 29.2 Å². The van der Waals surface area contributed by atoms with Crippen LogP contribution in [0.2, 0.25) is 10.0 Å². The molecule has 0 unspecified atom stereocenters. The number of halogens is 6. The van der Waals surface area contributed by atoms with Crippen molar-refractivity contribution < 1.29 is 27.5 Å². The van der Waals surface area contributed by atoms with E-state index in [1.54, 1.807) is 0 Å². The van der Waals surface area contributed by atoms with Gasteiger partial charge in [0.25, 0.3) is 0 Å². The molecule has 0 saturated carbocycles. The molecule has 0 aliphatic rings. The van der Waals surface area contributed by atoms with Crippen LogP contribution in [0.15, 0.2) is 42.5 Å². The predicted octanol–water partition coefficient (Wildman–Crippen LogP) is 6.03. The number of aromatic nitrogens is 2. The van der Waals surface area contributed by atoms with Crippen LogP contribution in [-0.4, -0.2) is 20.9 Å². The number of aromatic carboxylic acids is 1. The molecule has 3 aromatic rings. The molecule has 4 nitrogen and oxygen atoms in total. The highest BCUT2D eigenvalue weighted by molar-refractivity contribution is 6.31. The van der Waals surface area contributed by atoms with Gasteiger partial charge in [0.05, 0.1) is 16.9 Å². The Kier molecular flexibility index (Phi) is 5.36. The number of alkyl halides is 4. The molecule has 0 saturated heterocycles. The topological polar surface area (TPSA) is 55.1 Å². The Morgan fingerprint density at radius 3 is 2.39 bits per heavy atom. The first kappa shape index (κ1) is 20.2. The second kappa shape index (κ2) is 7.44. The van der Waals surface area contributed by atoms with Gasteiger partial charge in [-0.1, -0.05) is 29.3 Å². The second-order valence-corrected chi connectivity index (χ2v) is 6.61. The number of hydrogen-bond acceptors (Lipinski definition) is 2. The summed E-state index contributed by atoms with van der Waals surface area (Å²) >= 11 is 11.8. The molecule has 0 bridgehead atoms. The van der Waals surface area contributed by atoms with Gasteiger partial charge >= 0.3 is 12.1 Å². The van der Waals surface area contributed by atoms with Crippen molar-refractivity contribution in [3.05, 3.63) is 69.3 Å². The Morgan fingerprint density at radius 2 is 1.82 bits per heavy atom.